The molecule has 5 aromatic rings. The molecule has 7 heteroatoms. The molecule has 1 aliphatic carbocycles. The highest BCUT2D eigenvalue weighted by Gasteiger charge is 2.41. The van der Waals surface area contributed by atoms with Gasteiger partial charge < -0.3 is 19.2 Å². The second-order valence-electron chi connectivity index (χ2n) is 9.40. The van der Waals surface area contributed by atoms with Crippen molar-refractivity contribution in [2.75, 3.05) is 14.2 Å². The van der Waals surface area contributed by atoms with Crippen molar-refractivity contribution >= 4 is 22.6 Å². The first-order valence-electron chi connectivity index (χ1n) is 12.6. The molecule has 0 radical (unpaired) electrons. The summed E-state index contributed by atoms with van der Waals surface area (Å²) in [6, 6.07) is 26.1. The molecule has 6 rings (SSSR count). The van der Waals surface area contributed by atoms with Crippen LogP contribution in [0.4, 0.5) is 0 Å². The summed E-state index contributed by atoms with van der Waals surface area (Å²) in [6.45, 7) is 0.368. The smallest absolute Gasteiger partial charge is 0.179 e. The lowest BCUT2D eigenvalue weighted by atomic mass is 9.93. The zero-order valence-corrected chi connectivity index (χ0v) is 21.6. The molecule has 39 heavy (non-hydrogen) atoms. The number of benzene rings is 4. The number of Topliss-reactive ketones (excluding diaryl/α,β-unsaturated/α-hetero) is 2. The number of hydrogen-bond donors (Lipinski definition) is 1. The highest BCUT2D eigenvalue weighted by Crippen LogP contribution is 2.40. The van der Waals surface area contributed by atoms with E-state index in [2.05, 4.69) is 4.98 Å². The molecule has 0 saturated carbocycles. The molecule has 0 spiro atoms. The first kappa shape index (κ1) is 24.4. The largest absolute Gasteiger partial charge is 0.496 e. The van der Waals surface area contributed by atoms with Crippen molar-refractivity contribution in [3.63, 3.8) is 0 Å². The standard InChI is InChI=1S/C32H26N2O5/c1-37-25-11-7-6-10-20(25)16-27-33-29-23(14-15-26(38-2)30(29)34-27)28-31(35)22-13-12-21(17-24(22)32(28)36)39-18-19-8-4-3-5-9-19/h3-15,17,28H,16,18H2,1-2H3,(H,33,34). The van der Waals surface area contributed by atoms with Gasteiger partial charge in [0.25, 0.3) is 0 Å². The zero-order valence-electron chi connectivity index (χ0n) is 21.6. The molecule has 1 atom stereocenters. The number of nitrogens with one attached hydrogen (secondary N) is 1. The molecule has 0 aliphatic heterocycles. The molecule has 0 amide bonds. The van der Waals surface area contributed by atoms with Gasteiger partial charge in [-0.1, -0.05) is 54.6 Å². The summed E-state index contributed by atoms with van der Waals surface area (Å²) in [5.41, 5.74) is 4.47. The summed E-state index contributed by atoms with van der Waals surface area (Å²) in [6.07, 6.45) is 0.482. The van der Waals surface area contributed by atoms with E-state index in [-0.39, 0.29) is 11.6 Å². The van der Waals surface area contributed by atoms with Crippen LogP contribution in [0.5, 0.6) is 17.2 Å². The second-order valence-corrected chi connectivity index (χ2v) is 9.40. The van der Waals surface area contributed by atoms with E-state index in [1.807, 2.05) is 54.6 Å². The molecule has 0 saturated heterocycles. The summed E-state index contributed by atoms with van der Waals surface area (Å²) in [7, 11) is 3.21. The van der Waals surface area contributed by atoms with Gasteiger partial charge in [0.2, 0.25) is 0 Å². The molecule has 1 unspecified atom stereocenters. The first-order chi connectivity index (χ1) is 19.1. The van der Waals surface area contributed by atoms with Gasteiger partial charge in [-0.05, 0) is 41.5 Å². The third kappa shape index (κ3) is 4.42. The topological polar surface area (TPSA) is 90.5 Å². The van der Waals surface area contributed by atoms with E-state index in [4.69, 9.17) is 19.2 Å². The Morgan fingerprint density at radius 1 is 0.795 bits per heavy atom. The van der Waals surface area contributed by atoms with E-state index in [0.717, 1.165) is 16.9 Å². The number of methoxy groups -OCH3 is 2. The van der Waals surface area contributed by atoms with Gasteiger partial charge in [-0.3, -0.25) is 9.59 Å². The van der Waals surface area contributed by atoms with Gasteiger partial charge in [0.15, 0.2) is 11.6 Å². The molecule has 0 bridgehead atoms. The Hall–Kier alpha value is -4.91. The molecule has 1 heterocycles. The Labute approximate surface area is 225 Å². The quantitative estimate of drug-likeness (QED) is 0.257. The minimum atomic E-state index is -0.986. The average Bonchev–Trinajstić information content (AvgIpc) is 3.50. The number of ether oxygens (including phenoxy) is 3. The maximum Gasteiger partial charge on any atom is 0.179 e. The maximum absolute atomic E-state index is 13.7. The third-order valence-corrected chi connectivity index (χ3v) is 7.06. The van der Waals surface area contributed by atoms with Crippen LogP contribution in [0.2, 0.25) is 0 Å². The fourth-order valence-corrected chi connectivity index (χ4v) is 5.14. The second kappa shape index (κ2) is 10.1. The highest BCUT2D eigenvalue weighted by molar-refractivity contribution is 6.30. The number of rotatable bonds is 8. The van der Waals surface area contributed by atoms with Crippen LogP contribution < -0.4 is 14.2 Å². The van der Waals surface area contributed by atoms with E-state index in [1.165, 1.54) is 0 Å². The van der Waals surface area contributed by atoms with Crippen molar-refractivity contribution in [2.24, 2.45) is 0 Å². The Morgan fingerprint density at radius 2 is 1.54 bits per heavy atom. The van der Waals surface area contributed by atoms with E-state index >= 15 is 0 Å². The summed E-state index contributed by atoms with van der Waals surface area (Å²) in [5.74, 6) is 1.06. The van der Waals surface area contributed by atoms with Gasteiger partial charge in [0.1, 0.15) is 41.1 Å². The number of fused-ring (bicyclic) bond motifs is 2. The van der Waals surface area contributed by atoms with E-state index in [0.29, 0.717) is 58.1 Å². The third-order valence-electron chi connectivity index (χ3n) is 7.06. The fraction of sp³-hybridized carbons (Fsp3) is 0.156. The molecule has 0 fully saturated rings. The van der Waals surface area contributed by atoms with Gasteiger partial charge in [-0.2, -0.15) is 0 Å². The minimum absolute atomic E-state index is 0.245. The molecular formula is C32H26N2O5. The molecule has 194 valence electrons. The number of H-pyrrole nitrogens is 1. The van der Waals surface area contributed by atoms with Gasteiger partial charge in [-0.15, -0.1) is 0 Å². The number of aromatic amines is 1. The lowest BCUT2D eigenvalue weighted by molar-refractivity contribution is 0.0890. The van der Waals surface area contributed by atoms with Crippen molar-refractivity contribution in [1.82, 2.24) is 9.97 Å². The fourth-order valence-electron chi connectivity index (χ4n) is 5.14. The summed E-state index contributed by atoms with van der Waals surface area (Å²) < 4.78 is 17.0. The van der Waals surface area contributed by atoms with E-state index in [1.54, 1.807) is 44.6 Å². The number of nitrogens with zero attached hydrogens (tertiary/aromatic N) is 1. The van der Waals surface area contributed by atoms with Gasteiger partial charge in [0, 0.05) is 23.1 Å². The van der Waals surface area contributed by atoms with Crippen LogP contribution in [-0.2, 0) is 13.0 Å². The number of para-hydroxylation sites is 1. The Kier molecular flexibility index (Phi) is 6.32. The summed E-state index contributed by atoms with van der Waals surface area (Å²) in [4.78, 5) is 35.3. The van der Waals surface area contributed by atoms with Crippen LogP contribution in [0.3, 0.4) is 0 Å². The number of ketones is 2. The number of carbonyl (C=O) groups excluding carboxylic acids is 2. The van der Waals surface area contributed by atoms with Crippen molar-refractivity contribution in [3.8, 4) is 17.2 Å². The van der Waals surface area contributed by atoms with Crippen molar-refractivity contribution in [2.45, 2.75) is 18.9 Å². The summed E-state index contributed by atoms with van der Waals surface area (Å²) in [5, 5.41) is 0. The van der Waals surface area contributed by atoms with Crippen LogP contribution in [0.25, 0.3) is 11.0 Å². The van der Waals surface area contributed by atoms with Crippen LogP contribution in [0.1, 0.15) is 49.1 Å². The van der Waals surface area contributed by atoms with Crippen LogP contribution in [0, 0.1) is 0 Å². The average molecular weight is 519 g/mol. The van der Waals surface area contributed by atoms with Crippen molar-refractivity contribution in [1.29, 1.82) is 0 Å². The summed E-state index contributed by atoms with van der Waals surface area (Å²) >= 11 is 0. The predicted molar refractivity (Wildman–Crippen MR) is 147 cm³/mol. The monoisotopic (exact) mass is 518 g/mol. The van der Waals surface area contributed by atoms with Crippen LogP contribution >= 0.6 is 0 Å². The molecule has 1 aliphatic rings. The first-order valence-corrected chi connectivity index (χ1v) is 12.6. The van der Waals surface area contributed by atoms with Gasteiger partial charge in [-0.25, -0.2) is 4.98 Å². The Balaban J connectivity index is 1.34. The SMILES string of the molecule is COc1ccccc1Cc1nc2c(C3C(=O)c4ccc(OCc5ccccc5)cc4C3=O)ccc(OC)c2[nH]1. The lowest BCUT2D eigenvalue weighted by Crippen LogP contribution is -2.13. The molecule has 7 nitrogen and oxygen atoms in total. The van der Waals surface area contributed by atoms with E-state index < -0.39 is 5.92 Å². The Morgan fingerprint density at radius 3 is 2.33 bits per heavy atom. The number of aromatic nitrogens is 2. The maximum atomic E-state index is 13.7. The van der Waals surface area contributed by atoms with Crippen molar-refractivity contribution < 1.29 is 23.8 Å². The van der Waals surface area contributed by atoms with Crippen molar-refractivity contribution in [3.05, 3.63) is 119 Å². The molecule has 4 aromatic carbocycles. The van der Waals surface area contributed by atoms with Gasteiger partial charge in [0.05, 0.1) is 19.7 Å². The number of carbonyl (C=O) groups is 2. The molecular weight excluding hydrogens is 492 g/mol. The van der Waals surface area contributed by atoms with Gasteiger partial charge >= 0.3 is 0 Å². The number of imidazole rings is 1. The lowest BCUT2D eigenvalue weighted by Gasteiger charge is -2.10. The zero-order chi connectivity index (χ0) is 26.9. The normalized spacial score (nSPS) is 14.5. The number of hydrogen-bond acceptors (Lipinski definition) is 6. The van der Waals surface area contributed by atoms with E-state index in [9.17, 15) is 9.59 Å². The van der Waals surface area contributed by atoms with Crippen LogP contribution in [0.15, 0.2) is 84.9 Å². The predicted octanol–water partition coefficient (Wildman–Crippen LogP) is 5.91. The minimum Gasteiger partial charge on any atom is -0.496 e. The molecule has 1 aromatic heterocycles. The molecule has 1 N–H and O–H groups in total. The highest BCUT2D eigenvalue weighted by atomic mass is 16.5. The Bertz CT molecular complexity index is 1710. The van der Waals surface area contributed by atoms with Crippen LogP contribution in [-0.4, -0.2) is 35.8 Å².